The average Bonchev–Trinajstić information content (AvgIpc) is 3.09. The van der Waals surface area contributed by atoms with Gasteiger partial charge in [-0.2, -0.15) is 0 Å². The maximum absolute atomic E-state index is 13.1. The van der Waals surface area contributed by atoms with Crippen molar-refractivity contribution in [2.24, 2.45) is 0 Å². The smallest absolute Gasteiger partial charge is 0.242 e. The summed E-state index contributed by atoms with van der Waals surface area (Å²) in [4.78, 5) is 29.9. The fourth-order valence-corrected chi connectivity index (χ4v) is 3.88. The van der Waals surface area contributed by atoms with Crippen LogP contribution in [0.3, 0.4) is 0 Å². The van der Waals surface area contributed by atoms with Gasteiger partial charge in [-0.25, -0.2) is 0 Å². The standard InChI is InChI=1S/C21H27ClN2O2S/c1-4-17(3)24(20(25)12-22)15-21(26)23(13-18-8-6-5-7-9-18)14-19-16(2)10-11-27-19/h5-11,17H,4,12-15H2,1-3H3/t17-/m0/s1. The van der Waals surface area contributed by atoms with Crippen molar-refractivity contribution in [2.75, 3.05) is 12.4 Å². The van der Waals surface area contributed by atoms with E-state index in [1.165, 1.54) is 5.56 Å². The van der Waals surface area contributed by atoms with Crippen molar-refractivity contribution in [3.05, 3.63) is 57.8 Å². The number of halogens is 1. The molecule has 0 saturated carbocycles. The van der Waals surface area contributed by atoms with Gasteiger partial charge < -0.3 is 9.80 Å². The second-order valence-corrected chi connectivity index (χ2v) is 7.94. The lowest BCUT2D eigenvalue weighted by molar-refractivity contribution is -0.141. The summed E-state index contributed by atoms with van der Waals surface area (Å²) in [6.45, 7) is 7.11. The Morgan fingerprint density at radius 3 is 2.37 bits per heavy atom. The predicted molar refractivity (Wildman–Crippen MR) is 112 cm³/mol. The van der Waals surface area contributed by atoms with Crippen LogP contribution in [0.2, 0.25) is 0 Å². The molecule has 27 heavy (non-hydrogen) atoms. The highest BCUT2D eigenvalue weighted by Crippen LogP contribution is 2.20. The Balaban J connectivity index is 2.21. The van der Waals surface area contributed by atoms with Crippen molar-refractivity contribution < 1.29 is 9.59 Å². The molecule has 2 amide bonds. The minimum Gasteiger partial charge on any atom is -0.332 e. The fourth-order valence-electron chi connectivity index (χ4n) is 2.81. The van der Waals surface area contributed by atoms with Gasteiger partial charge in [0.05, 0.1) is 6.54 Å². The number of benzene rings is 1. The van der Waals surface area contributed by atoms with E-state index >= 15 is 0 Å². The lowest BCUT2D eigenvalue weighted by atomic mass is 10.2. The van der Waals surface area contributed by atoms with Crippen LogP contribution in [0, 0.1) is 6.92 Å². The zero-order valence-electron chi connectivity index (χ0n) is 16.2. The number of hydrogen-bond acceptors (Lipinski definition) is 3. The third-order valence-electron chi connectivity index (χ3n) is 4.73. The van der Waals surface area contributed by atoms with Crippen molar-refractivity contribution in [3.63, 3.8) is 0 Å². The largest absolute Gasteiger partial charge is 0.332 e. The Bertz CT molecular complexity index is 748. The highest BCUT2D eigenvalue weighted by molar-refractivity contribution is 7.10. The fraction of sp³-hybridized carbons (Fsp3) is 0.429. The average molecular weight is 407 g/mol. The van der Waals surface area contributed by atoms with Crippen molar-refractivity contribution in [1.82, 2.24) is 9.80 Å². The number of thiophene rings is 1. The van der Waals surface area contributed by atoms with Crippen LogP contribution in [0.4, 0.5) is 0 Å². The van der Waals surface area contributed by atoms with E-state index < -0.39 is 0 Å². The first-order chi connectivity index (χ1) is 13.0. The van der Waals surface area contributed by atoms with Gasteiger partial charge in [-0.05, 0) is 42.8 Å². The Morgan fingerprint density at radius 2 is 1.81 bits per heavy atom. The van der Waals surface area contributed by atoms with E-state index in [9.17, 15) is 9.59 Å². The number of aryl methyl sites for hydroxylation is 1. The van der Waals surface area contributed by atoms with Gasteiger partial charge >= 0.3 is 0 Å². The first-order valence-corrected chi connectivity index (χ1v) is 10.6. The third-order valence-corrected chi connectivity index (χ3v) is 5.97. The molecular weight excluding hydrogens is 380 g/mol. The number of carbonyl (C=O) groups excluding carboxylic acids is 2. The van der Waals surface area contributed by atoms with Crippen LogP contribution in [0.1, 0.15) is 36.3 Å². The van der Waals surface area contributed by atoms with Crippen LogP contribution in [-0.4, -0.2) is 40.1 Å². The van der Waals surface area contributed by atoms with Gasteiger partial charge in [0, 0.05) is 17.5 Å². The van der Waals surface area contributed by atoms with Gasteiger partial charge in [-0.15, -0.1) is 22.9 Å². The molecule has 1 atom stereocenters. The number of amides is 2. The summed E-state index contributed by atoms with van der Waals surface area (Å²) in [5.41, 5.74) is 2.25. The summed E-state index contributed by atoms with van der Waals surface area (Å²) >= 11 is 7.41. The summed E-state index contributed by atoms with van der Waals surface area (Å²) in [6.07, 6.45) is 0.776. The van der Waals surface area contributed by atoms with E-state index in [0.29, 0.717) is 13.1 Å². The van der Waals surface area contributed by atoms with E-state index in [0.717, 1.165) is 16.9 Å². The van der Waals surface area contributed by atoms with Crippen molar-refractivity contribution in [1.29, 1.82) is 0 Å². The van der Waals surface area contributed by atoms with E-state index in [4.69, 9.17) is 11.6 Å². The van der Waals surface area contributed by atoms with Crippen LogP contribution in [-0.2, 0) is 22.7 Å². The molecule has 0 unspecified atom stereocenters. The Morgan fingerprint density at radius 1 is 1.11 bits per heavy atom. The molecule has 1 heterocycles. The molecule has 0 aliphatic rings. The van der Waals surface area contributed by atoms with Gasteiger partial charge in [0.2, 0.25) is 11.8 Å². The third kappa shape index (κ3) is 6.08. The maximum Gasteiger partial charge on any atom is 0.242 e. The number of carbonyl (C=O) groups is 2. The van der Waals surface area contributed by atoms with E-state index in [-0.39, 0.29) is 30.3 Å². The first-order valence-electron chi connectivity index (χ1n) is 9.16. The zero-order chi connectivity index (χ0) is 19.8. The molecule has 0 N–H and O–H groups in total. The van der Waals surface area contributed by atoms with Crippen molar-refractivity contribution in [3.8, 4) is 0 Å². The van der Waals surface area contributed by atoms with Crippen LogP contribution in [0.5, 0.6) is 0 Å². The van der Waals surface area contributed by atoms with Gasteiger partial charge in [0.15, 0.2) is 0 Å². The zero-order valence-corrected chi connectivity index (χ0v) is 17.7. The second kappa shape index (κ2) is 10.5. The van der Waals surface area contributed by atoms with E-state index in [1.54, 1.807) is 16.2 Å². The van der Waals surface area contributed by atoms with Crippen LogP contribution in [0.15, 0.2) is 41.8 Å². The van der Waals surface area contributed by atoms with Gasteiger partial charge in [-0.1, -0.05) is 37.3 Å². The Hall–Kier alpha value is -1.85. The number of nitrogens with zero attached hydrogens (tertiary/aromatic N) is 2. The molecule has 2 aromatic rings. The molecule has 146 valence electrons. The molecule has 0 saturated heterocycles. The molecule has 0 aliphatic heterocycles. The highest BCUT2D eigenvalue weighted by Gasteiger charge is 2.24. The quantitative estimate of drug-likeness (QED) is 0.577. The summed E-state index contributed by atoms with van der Waals surface area (Å²) in [6, 6.07) is 12.0. The van der Waals surface area contributed by atoms with Crippen molar-refractivity contribution >= 4 is 34.8 Å². The van der Waals surface area contributed by atoms with Gasteiger partial charge in [-0.3, -0.25) is 9.59 Å². The van der Waals surface area contributed by atoms with E-state index in [1.807, 2.05) is 54.5 Å². The second-order valence-electron chi connectivity index (χ2n) is 6.67. The van der Waals surface area contributed by atoms with Crippen LogP contribution in [0.25, 0.3) is 0 Å². The molecule has 0 radical (unpaired) electrons. The Labute approximate surface area is 170 Å². The molecular formula is C21H27ClN2O2S. The van der Waals surface area contributed by atoms with Crippen LogP contribution >= 0.6 is 22.9 Å². The molecule has 0 fully saturated rings. The maximum atomic E-state index is 13.1. The molecule has 0 spiro atoms. The van der Waals surface area contributed by atoms with Crippen LogP contribution < -0.4 is 0 Å². The van der Waals surface area contributed by atoms with E-state index in [2.05, 4.69) is 13.0 Å². The summed E-state index contributed by atoms with van der Waals surface area (Å²) < 4.78 is 0. The Kier molecular flexibility index (Phi) is 8.32. The van der Waals surface area contributed by atoms with Crippen molar-refractivity contribution in [2.45, 2.75) is 46.3 Å². The summed E-state index contributed by atoms with van der Waals surface area (Å²) in [5, 5.41) is 2.04. The minimum absolute atomic E-state index is 0.0257. The lowest BCUT2D eigenvalue weighted by Crippen LogP contribution is -2.46. The summed E-state index contributed by atoms with van der Waals surface area (Å²) in [7, 11) is 0. The lowest BCUT2D eigenvalue weighted by Gasteiger charge is -2.31. The molecule has 2 rings (SSSR count). The van der Waals surface area contributed by atoms with Gasteiger partial charge in [0.1, 0.15) is 12.4 Å². The highest BCUT2D eigenvalue weighted by atomic mass is 35.5. The molecule has 1 aromatic carbocycles. The topological polar surface area (TPSA) is 40.6 Å². The predicted octanol–water partition coefficient (Wildman–Crippen LogP) is 4.45. The molecule has 6 heteroatoms. The molecule has 0 aliphatic carbocycles. The normalized spacial score (nSPS) is 11.9. The molecule has 1 aromatic heterocycles. The summed E-state index contributed by atoms with van der Waals surface area (Å²) in [5.74, 6) is -0.378. The number of rotatable bonds is 9. The monoisotopic (exact) mass is 406 g/mol. The SMILES string of the molecule is CC[C@H](C)N(CC(=O)N(Cc1ccccc1)Cc1sccc1C)C(=O)CCl. The van der Waals surface area contributed by atoms with Gasteiger partial charge in [0.25, 0.3) is 0 Å². The molecule has 0 bridgehead atoms. The molecule has 4 nitrogen and oxygen atoms in total. The number of alkyl halides is 1. The minimum atomic E-state index is -0.202. The first kappa shape index (κ1) is 21.5. The number of hydrogen-bond donors (Lipinski definition) is 0.